The summed E-state index contributed by atoms with van der Waals surface area (Å²) >= 11 is 5.90. The summed E-state index contributed by atoms with van der Waals surface area (Å²) in [5, 5.41) is 5.82. The molecule has 128 valence electrons. The number of nitrogens with two attached hydrogens (primary N) is 1. The van der Waals surface area contributed by atoms with Gasteiger partial charge < -0.3 is 10.6 Å². The molecule has 0 saturated carbocycles. The minimum absolute atomic E-state index is 0.0163. The highest BCUT2D eigenvalue weighted by atomic mass is 35.5. The molecule has 0 saturated heterocycles. The van der Waals surface area contributed by atoms with E-state index in [0.29, 0.717) is 6.54 Å². The molecule has 0 aromatic heterocycles. The van der Waals surface area contributed by atoms with E-state index in [-0.39, 0.29) is 18.0 Å². The first-order chi connectivity index (χ1) is 11.5. The highest BCUT2D eigenvalue weighted by Crippen LogP contribution is 2.14. The van der Waals surface area contributed by atoms with E-state index in [1.165, 1.54) is 5.56 Å². The lowest BCUT2D eigenvalue weighted by molar-refractivity contribution is -0.682. The summed E-state index contributed by atoms with van der Waals surface area (Å²) in [5.74, 6) is 0.0443. The van der Waals surface area contributed by atoms with Crippen molar-refractivity contribution in [2.24, 2.45) is 0 Å². The van der Waals surface area contributed by atoms with E-state index in [0.717, 1.165) is 22.6 Å². The third-order valence-corrected chi connectivity index (χ3v) is 4.57. The number of halogens is 1. The summed E-state index contributed by atoms with van der Waals surface area (Å²) in [5.41, 5.74) is 3.60. The molecule has 3 nitrogen and oxygen atoms in total. The first-order valence-corrected chi connectivity index (χ1v) is 8.84. The van der Waals surface area contributed by atoms with Crippen molar-refractivity contribution in [3.63, 3.8) is 0 Å². The minimum atomic E-state index is 0.0163. The van der Waals surface area contributed by atoms with Gasteiger partial charge in [-0.1, -0.05) is 54.9 Å². The van der Waals surface area contributed by atoms with Gasteiger partial charge in [0.15, 0.2) is 6.54 Å². The molecule has 0 spiro atoms. The van der Waals surface area contributed by atoms with Crippen molar-refractivity contribution in [3.05, 3.63) is 70.2 Å². The molecule has 1 amide bonds. The summed E-state index contributed by atoms with van der Waals surface area (Å²) in [6.45, 7) is 6.64. The highest BCUT2D eigenvalue weighted by molar-refractivity contribution is 6.30. The van der Waals surface area contributed by atoms with Gasteiger partial charge >= 0.3 is 0 Å². The topological polar surface area (TPSA) is 45.7 Å². The van der Waals surface area contributed by atoms with Crippen LogP contribution in [0.15, 0.2) is 48.5 Å². The van der Waals surface area contributed by atoms with Crippen LogP contribution in [0, 0.1) is 0 Å². The van der Waals surface area contributed by atoms with Gasteiger partial charge in [-0.05, 0) is 43.5 Å². The molecule has 3 N–H and O–H groups in total. The van der Waals surface area contributed by atoms with Crippen LogP contribution in [-0.4, -0.2) is 12.5 Å². The van der Waals surface area contributed by atoms with E-state index in [9.17, 15) is 4.79 Å². The number of carbonyl (C=O) groups is 1. The fourth-order valence-electron chi connectivity index (χ4n) is 2.61. The Morgan fingerprint density at radius 2 is 1.62 bits per heavy atom. The lowest BCUT2D eigenvalue weighted by atomic mass is 10.0. The van der Waals surface area contributed by atoms with Gasteiger partial charge in [-0.15, -0.1) is 0 Å². The molecule has 0 bridgehead atoms. The molecule has 2 rings (SSSR count). The first-order valence-electron chi connectivity index (χ1n) is 8.46. The molecule has 2 aromatic carbocycles. The van der Waals surface area contributed by atoms with Crippen molar-refractivity contribution in [2.45, 2.75) is 39.3 Å². The zero-order valence-corrected chi connectivity index (χ0v) is 15.3. The molecule has 0 heterocycles. The Kier molecular flexibility index (Phi) is 6.83. The Labute approximate surface area is 149 Å². The number of amides is 1. The Hall–Kier alpha value is -1.84. The van der Waals surface area contributed by atoms with Crippen molar-refractivity contribution in [2.75, 3.05) is 6.54 Å². The second-order valence-corrected chi connectivity index (χ2v) is 6.60. The number of nitrogens with one attached hydrogen (secondary N) is 1. The molecule has 0 aliphatic rings. The van der Waals surface area contributed by atoms with Crippen molar-refractivity contribution in [1.82, 2.24) is 5.32 Å². The second-order valence-electron chi connectivity index (χ2n) is 6.16. The Morgan fingerprint density at radius 1 is 1.04 bits per heavy atom. The number of rotatable bonds is 7. The molecule has 0 aliphatic carbocycles. The molecular weight excluding hydrogens is 320 g/mol. The summed E-state index contributed by atoms with van der Waals surface area (Å²) in [7, 11) is 0. The molecule has 0 aliphatic heterocycles. The van der Waals surface area contributed by atoms with Crippen LogP contribution in [0.4, 0.5) is 0 Å². The zero-order chi connectivity index (χ0) is 17.5. The molecule has 24 heavy (non-hydrogen) atoms. The highest BCUT2D eigenvalue weighted by Gasteiger charge is 2.14. The van der Waals surface area contributed by atoms with Gasteiger partial charge in [0.25, 0.3) is 5.91 Å². The molecule has 2 atom stereocenters. The Balaban J connectivity index is 1.82. The maximum Gasteiger partial charge on any atom is 0.275 e. The molecule has 2 aromatic rings. The van der Waals surface area contributed by atoms with Gasteiger partial charge in [0.2, 0.25) is 0 Å². The fraction of sp³-hybridized carbons (Fsp3) is 0.350. The monoisotopic (exact) mass is 345 g/mol. The SMILES string of the molecule is CCc1ccc([C@@H](C)NC(=O)C[NH2+][C@H](C)c2ccc(Cl)cc2)cc1. The van der Waals surface area contributed by atoms with E-state index in [1.54, 1.807) is 0 Å². The summed E-state index contributed by atoms with van der Waals surface area (Å²) < 4.78 is 0. The summed E-state index contributed by atoms with van der Waals surface area (Å²) in [6.07, 6.45) is 1.03. The number of aryl methyl sites for hydroxylation is 1. The lowest BCUT2D eigenvalue weighted by Gasteiger charge is -2.16. The number of hydrogen-bond donors (Lipinski definition) is 2. The maximum absolute atomic E-state index is 12.2. The van der Waals surface area contributed by atoms with E-state index in [1.807, 2.05) is 36.5 Å². The summed E-state index contributed by atoms with van der Waals surface area (Å²) in [6, 6.07) is 16.4. The van der Waals surface area contributed by atoms with Crippen LogP contribution in [0.2, 0.25) is 5.02 Å². The molecule has 0 radical (unpaired) electrons. The van der Waals surface area contributed by atoms with Gasteiger partial charge in [-0.25, -0.2) is 0 Å². The van der Waals surface area contributed by atoms with Gasteiger partial charge in [-0.3, -0.25) is 4.79 Å². The molecule has 0 fully saturated rings. The lowest BCUT2D eigenvalue weighted by Crippen LogP contribution is -2.87. The van der Waals surface area contributed by atoms with Crippen LogP contribution in [0.25, 0.3) is 0 Å². The predicted octanol–water partition coefficient (Wildman–Crippen LogP) is 3.40. The molecule has 0 unspecified atom stereocenters. The van der Waals surface area contributed by atoms with Crippen LogP contribution in [0.3, 0.4) is 0 Å². The Bertz CT molecular complexity index is 652. The number of hydrogen-bond acceptors (Lipinski definition) is 1. The molecular formula is C20H26ClN2O+. The second kappa shape index (κ2) is 8.86. The van der Waals surface area contributed by atoms with Crippen molar-refractivity contribution in [3.8, 4) is 0 Å². The largest absolute Gasteiger partial charge is 0.345 e. The smallest absolute Gasteiger partial charge is 0.275 e. The number of carbonyl (C=O) groups excluding carboxylic acids is 1. The van der Waals surface area contributed by atoms with Gasteiger partial charge in [0.1, 0.15) is 6.04 Å². The normalized spacial score (nSPS) is 13.3. The van der Waals surface area contributed by atoms with Crippen LogP contribution in [-0.2, 0) is 11.2 Å². The average Bonchev–Trinajstić information content (AvgIpc) is 2.60. The van der Waals surface area contributed by atoms with Crippen LogP contribution < -0.4 is 10.6 Å². The van der Waals surface area contributed by atoms with E-state index in [2.05, 4.69) is 43.4 Å². The fourth-order valence-corrected chi connectivity index (χ4v) is 2.74. The van der Waals surface area contributed by atoms with Gasteiger partial charge in [-0.2, -0.15) is 0 Å². The third kappa shape index (κ3) is 5.36. The van der Waals surface area contributed by atoms with Gasteiger partial charge in [0, 0.05) is 10.6 Å². The standard InChI is InChI=1S/C20H25ClN2O/c1-4-16-5-7-18(8-6-16)15(3)23-20(24)13-22-14(2)17-9-11-19(21)12-10-17/h5-12,14-15,22H,4,13H2,1-3H3,(H,23,24)/p+1/t14-,15-/m1/s1. The summed E-state index contributed by atoms with van der Waals surface area (Å²) in [4.78, 5) is 12.2. The Morgan fingerprint density at radius 3 is 2.21 bits per heavy atom. The van der Waals surface area contributed by atoms with Crippen molar-refractivity contribution >= 4 is 17.5 Å². The average molecular weight is 346 g/mol. The van der Waals surface area contributed by atoms with Crippen molar-refractivity contribution < 1.29 is 10.1 Å². The zero-order valence-electron chi connectivity index (χ0n) is 14.6. The number of benzene rings is 2. The van der Waals surface area contributed by atoms with Gasteiger partial charge in [0.05, 0.1) is 6.04 Å². The quantitative estimate of drug-likeness (QED) is 0.793. The number of quaternary nitrogens is 1. The van der Waals surface area contributed by atoms with E-state index < -0.39 is 0 Å². The van der Waals surface area contributed by atoms with E-state index >= 15 is 0 Å². The van der Waals surface area contributed by atoms with E-state index in [4.69, 9.17) is 11.6 Å². The third-order valence-electron chi connectivity index (χ3n) is 4.32. The van der Waals surface area contributed by atoms with Crippen molar-refractivity contribution in [1.29, 1.82) is 0 Å². The van der Waals surface area contributed by atoms with Crippen LogP contribution >= 0.6 is 11.6 Å². The predicted molar refractivity (Wildman–Crippen MR) is 99.0 cm³/mol. The maximum atomic E-state index is 12.2. The minimum Gasteiger partial charge on any atom is -0.345 e. The molecule has 4 heteroatoms. The van der Waals surface area contributed by atoms with Crippen LogP contribution in [0.5, 0.6) is 0 Å². The first kappa shape index (κ1) is 18.5. The van der Waals surface area contributed by atoms with Crippen LogP contribution in [0.1, 0.15) is 49.5 Å².